The molecule has 4 heteroatoms. The summed E-state index contributed by atoms with van der Waals surface area (Å²) in [7, 11) is 1.21. The van der Waals surface area contributed by atoms with Crippen molar-refractivity contribution < 1.29 is 13.6 Å². The lowest BCUT2D eigenvalue weighted by Crippen LogP contribution is -2.42. The Bertz CT molecular complexity index is 147. The smallest absolute Gasteiger partial charge is 0.327 e. The molecule has 66 valence electrons. The van der Waals surface area contributed by atoms with Crippen LogP contribution in [0, 0.1) is 5.92 Å². The maximum Gasteiger partial charge on any atom is 0.327 e. The predicted molar refractivity (Wildman–Crippen MR) is 38.5 cm³/mol. The highest BCUT2D eigenvalue weighted by molar-refractivity contribution is 5.83. The average molecular weight is 165 g/mol. The number of nitrogens with one attached hydrogen (secondary N) is 1. The highest BCUT2D eigenvalue weighted by Crippen LogP contribution is 2.26. The molecular formula is C7H13F2NO. The first-order valence-electron chi connectivity index (χ1n) is 3.56. The molecule has 0 aliphatic heterocycles. The van der Waals surface area contributed by atoms with Crippen LogP contribution >= 0.6 is 0 Å². The molecule has 0 radical (unpaired) electrons. The van der Waals surface area contributed by atoms with E-state index < -0.39 is 17.7 Å². The van der Waals surface area contributed by atoms with Gasteiger partial charge in [0, 0.05) is 13.0 Å². The Balaban J connectivity index is 4.31. The number of carbonyl (C=O) groups is 1. The molecular weight excluding hydrogens is 152 g/mol. The standard InChI is InChI=1S/C7H13F2NO/c1-4-5(2)7(8,9)6(11)10-3/h5H,4H2,1-3H3,(H,10,11). The van der Waals surface area contributed by atoms with Gasteiger partial charge in [0.25, 0.3) is 5.91 Å². The molecule has 0 spiro atoms. The Hall–Kier alpha value is -0.670. The van der Waals surface area contributed by atoms with Gasteiger partial charge in [-0.15, -0.1) is 0 Å². The van der Waals surface area contributed by atoms with Gasteiger partial charge >= 0.3 is 5.92 Å². The molecule has 0 aromatic rings. The van der Waals surface area contributed by atoms with Gasteiger partial charge in [-0.1, -0.05) is 13.8 Å². The van der Waals surface area contributed by atoms with Gasteiger partial charge in [0.15, 0.2) is 0 Å². The van der Waals surface area contributed by atoms with Crippen molar-refractivity contribution in [2.24, 2.45) is 5.92 Å². The molecule has 1 unspecified atom stereocenters. The van der Waals surface area contributed by atoms with Gasteiger partial charge < -0.3 is 5.32 Å². The molecule has 2 nitrogen and oxygen atoms in total. The zero-order valence-corrected chi connectivity index (χ0v) is 6.95. The Labute approximate surface area is 65.0 Å². The molecule has 0 aliphatic carbocycles. The van der Waals surface area contributed by atoms with E-state index in [-0.39, 0.29) is 0 Å². The van der Waals surface area contributed by atoms with E-state index in [2.05, 4.69) is 0 Å². The maximum atomic E-state index is 12.8. The zero-order valence-electron chi connectivity index (χ0n) is 6.95. The third kappa shape index (κ3) is 2.13. The molecule has 0 heterocycles. The molecule has 1 atom stereocenters. The third-order valence-electron chi connectivity index (χ3n) is 1.76. The summed E-state index contributed by atoms with van der Waals surface area (Å²) in [6, 6.07) is 0. The predicted octanol–water partition coefficient (Wildman–Crippen LogP) is 1.41. The summed E-state index contributed by atoms with van der Waals surface area (Å²) in [5.74, 6) is -5.34. The van der Waals surface area contributed by atoms with Crippen molar-refractivity contribution in [3.8, 4) is 0 Å². The van der Waals surface area contributed by atoms with Crippen LogP contribution in [0.3, 0.4) is 0 Å². The van der Waals surface area contributed by atoms with E-state index in [1.165, 1.54) is 14.0 Å². The lowest BCUT2D eigenvalue weighted by molar-refractivity contribution is -0.152. The van der Waals surface area contributed by atoms with E-state index >= 15 is 0 Å². The number of hydrogen-bond donors (Lipinski definition) is 1. The van der Waals surface area contributed by atoms with Gasteiger partial charge in [0.05, 0.1) is 0 Å². The molecule has 1 amide bonds. The van der Waals surface area contributed by atoms with E-state index in [9.17, 15) is 13.6 Å². The highest BCUT2D eigenvalue weighted by Gasteiger charge is 2.42. The van der Waals surface area contributed by atoms with Gasteiger partial charge in [0.2, 0.25) is 0 Å². The van der Waals surface area contributed by atoms with Crippen LogP contribution in [0.4, 0.5) is 8.78 Å². The Morgan fingerprint density at radius 1 is 1.64 bits per heavy atom. The van der Waals surface area contributed by atoms with Crippen LogP contribution in [-0.4, -0.2) is 18.9 Å². The molecule has 0 rings (SSSR count). The van der Waals surface area contributed by atoms with Gasteiger partial charge in [-0.05, 0) is 6.42 Å². The lowest BCUT2D eigenvalue weighted by Gasteiger charge is -2.20. The van der Waals surface area contributed by atoms with E-state index in [0.29, 0.717) is 6.42 Å². The first kappa shape index (κ1) is 10.3. The second-order valence-electron chi connectivity index (χ2n) is 2.51. The molecule has 1 N–H and O–H groups in total. The van der Waals surface area contributed by atoms with Crippen molar-refractivity contribution in [3.05, 3.63) is 0 Å². The number of rotatable bonds is 3. The molecule has 0 bridgehead atoms. The van der Waals surface area contributed by atoms with Crippen molar-refractivity contribution in [1.82, 2.24) is 5.32 Å². The fourth-order valence-corrected chi connectivity index (χ4v) is 0.647. The van der Waals surface area contributed by atoms with Crippen molar-refractivity contribution in [1.29, 1.82) is 0 Å². The number of amides is 1. The minimum Gasteiger partial charge on any atom is -0.354 e. The van der Waals surface area contributed by atoms with Gasteiger partial charge in [-0.3, -0.25) is 4.79 Å². The molecule has 0 saturated carbocycles. The summed E-state index contributed by atoms with van der Waals surface area (Å²) in [5, 5.41) is 1.93. The zero-order chi connectivity index (χ0) is 9.07. The largest absolute Gasteiger partial charge is 0.354 e. The molecule has 0 saturated heterocycles. The highest BCUT2D eigenvalue weighted by atomic mass is 19.3. The SMILES string of the molecule is CCC(C)C(F)(F)C(=O)NC. The minimum atomic E-state index is -3.23. The van der Waals surface area contributed by atoms with E-state index in [4.69, 9.17) is 0 Å². The van der Waals surface area contributed by atoms with Crippen LogP contribution in [-0.2, 0) is 4.79 Å². The summed E-state index contributed by atoms with van der Waals surface area (Å²) in [4.78, 5) is 10.6. The minimum absolute atomic E-state index is 0.292. The number of carbonyl (C=O) groups excluding carboxylic acids is 1. The summed E-state index contributed by atoms with van der Waals surface area (Å²) in [6.07, 6.45) is 0.292. The van der Waals surface area contributed by atoms with Crippen molar-refractivity contribution in [2.45, 2.75) is 26.2 Å². The van der Waals surface area contributed by atoms with E-state index in [1.54, 1.807) is 6.92 Å². The van der Waals surface area contributed by atoms with E-state index in [1.807, 2.05) is 5.32 Å². The summed E-state index contributed by atoms with van der Waals surface area (Å²) < 4.78 is 25.6. The van der Waals surface area contributed by atoms with Crippen molar-refractivity contribution in [3.63, 3.8) is 0 Å². The van der Waals surface area contributed by atoms with Gasteiger partial charge in [-0.2, -0.15) is 8.78 Å². The third-order valence-corrected chi connectivity index (χ3v) is 1.76. The summed E-state index contributed by atoms with van der Waals surface area (Å²) >= 11 is 0. The Morgan fingerprint density at radius 2 is 2.09 bits per heavy atom. The molecule has 0 aromatic carbocycles. The van der Waals surface area contributed by atoms with Crippen LogP contribution in [0.25, 0.3) is 0 Å². The number of hydrogen-bond acceptors (Lipinski definition) is 1. The van der Waals surface area contributed by atoms with Crippen LogP contribution in [0.2, 0.25) is 0 Å². The molecule has 0 aromatic heterocycles. The van der Waals surface area contributed by atoms with Crippen molar-refractivity contribution in [2.75, 3.05) is 7.05 Å². The maximum absolute atomic E-state index is 12.8. The van der Waals surface area contributed by atoms with Crippen molar-refractivity contribution >= 4 is 5.91 Å². The summed E-state index contributed by atoms with van der Waals surface area (Å²) in [5.41, 5.74) is 0. The van der Waals surface area contributed by atoms with Gasteiger partial charge in [0.1, 0.15) is 0 Å². The quantitative estimate of drug-likeness (QED) is 0.673. The second kappa shape index (κ2) is 3.64. The Morgan fingerprint density at radius 3 is 2.36 bits per heavy atom. The molecule has 0 aliphatic rings. The molecule has 11 heavy (non-hydrogen) atoms. The van der Waals surface area contributed by atoms with Crippen LogP contribution in [0.1, 0.15) is 20.3 Å². The average Bonchev–Trinajstić information content (AvgIpc) is 2.01. The first-order valence-corrected chi connectivity index (χ1v) is 3.56. The lowest BCUT2D eigenvalue weighted by atomic mass is 10.0. The summed E-state index contributed by atoms with van der Waals surface area (Å²) in [6.45, 7) is 2.98. The topological polar surface area (TPSA) is 29.1 Å². The van der Waals surface area contributed by atoms with Crippen LogP contribution in [0.15, 0.2) is 0 Å². The first-order chi connectivity index (χ1) is 4.96. The fourth-order valence-electron chi connectivity index (χ4n) is 0.647. The fraction of sp³-hybridized carbons (Fsp3) is 0.857. The monoisotopic (exact) mass is 165 g/mol. The normalized spacial score (nSPS) is 14.3. The number of halogens is 2. The van der Waals surface area contributed by atoms with Crippen LogP contribution < -0.4 is 5.32 Å². The Kier molecular flexibility index (Phi) is 3.42. The van der Waals surface area contributed by atoms with Gasteiger partial charge in [-0.25, -0.2) is 0 Å². The number of alkyl halides is 2. The van der Waals surface area contributed by atoms with E-state index in [0.717, 1.165) is 0 Å². The van der Waals surface area contributed by atoms with Crippen LogP contribution in [0.5, 0.6) is 0 Å². The second-order valence-corrected chi connectivity index (χ2v) is 2.51. The molecule has 0 fully saturated rings.